The molecule has 3 nitrogen and oxygen atoms in total. The Bertz CT molecular complexity index is 684. The fourth-order valence-corrected chi connectivity index (χ4v) is 2.98. The van der Waals surface area contributed by atoms with E-state index in [0.717, 1.165) is 28.6 Å². The van der Waals surface area contributed by atoms with Crippen LogP contribution in [0.3, 0.4) is 0 Å². The van der Waals surface area contributed by atoms with E-state index in [-0.39, 0.29) is 5.91 Å². The largest absolute Gasteiger partial charge is 0.398 e. The van der Waals surface area contributed by atoms with Gasteiger partial charge in [-0.25, -0.2) is 0 Å². The Labute approximate surface area is 132 Å². The number of nitrogens with zero attached hydrogens (tertiary/aromatic N) is 1. The van der Waals surface area contributed by atoms with Crippen LogP contribution in [0.4, 0.5) is 11.4 Å². The number of anilines is 2. The number of hydrogen-bond donors (Lipinski definition) is 1. The molecule has 3 rings (SSSR count). The van der Waals surface area contributed by atoms with E-state index in [1.165, 1.54) is 5.56 Å². The lowest BCUT2D eigenvalue weighted by Gasteiger charge is -2.23. The topological polar surface area (TPSA) is 46.3 Å². The Morgan fingerprint density at radius 3 is 2.76 bits per heavy atom. The summed E-state index contributed by atoms with van der Waals surface area (Å²) in [5.41, 5.74) is 9.95. The summed E-state index contributed by atoms with van der Waals surface area (Å²) in [6, 6.07) is 14.0. The van der Waals surface area contributed by atoms with Crippen molar-refractivity contribution in [2.24, 2.45) is 0 Å². The molecule has 0 atom stereocenters. The average molecular weight is 345 g/mol. The fourth-order valence-electron chi connectivity index (χ4n) is 2.73. The van der Waals surface area contributed by atoms with E-state index in [4.69, 9.17) is 5.73 Å². The van der Waals surface area contributed by atoms with Gasteiger partial charge in [-0.1, -0.05) is 24.3 Å². The van der Waals surface area contributed by atoms with Gasteiger partial charge < -0.3 is 10.6 Å². The lowest BCUT2D eigenvalue weighted by molar-refractivity contribution is -0.118. The van der Waals surface area contributed by atoms with E-state index in [9.17, 15) is 4.79 Å². The highest BCUT2D eigenvalue weighted by molar-refractivity contribution is 9.10. The second kappa shape index (κ2) is 5.90. The molecule has 0 radical (unpaired) electrons. The molecule has 21 heavy (non-hydrogen) atoms. The number of benzene rings is 2. The summed E-state index contributed by atoms with van der Waals surface area (Å²) < 4.78 is 0.883. The first-order chi connectivity index (χ1) is 10.1. The van der Waals surface area contributed by atoms with Gasteiger partial charge in [-0.3, -0.25) is 4.79 Å². The van der Waals surface area contributed by atoms with Crippen LogP contribution >= 0.6 is 15.9 Å². The Morgan fingerprint density at radius 2 is 1.95 bits per heavy atom. The van der Waals surface area contributed by atoms with Crippen molar-refractivity contribution >= 4 is 33.2 Å². The van der Waals surface area contributed by atoms with Crippen LogP contribution in [0.15, 0.2) is 46.9 Å². The molecule has 1 heterocycles. The Kier molecular flexibility index (Phi) is 3.97. The lowest BCUT2D eigenvalue weighted by atomic mass is 10.1. The molecule has 0 saturated carbocycles. The molecule has 0 bridgehead atoms. The van der Waals surface area contributed by atoms with Crippen molar-refractivity contribution in [3.05, 3.63) is 58.1 Å². The molecule has 0 spiro atoms. The number of para-hydroxylation sites is 1. The summed E-state index contributed by atoms with van der Waals surface area (Å²) >= 11 is 3.40. The third-order valence-electron chi connectivity index (χ3n) is 3.82. The van der Waals surface area contributed by atoms with Crippen molar-refractivity contribution in [3.8, 4) is 0 Å². The van der Waals surface area contributed by atoms with Crippen LogP contribution < -0.4 is 10.6 Å². The van der Waals surface area contributed by atoms with Gasteiger partial charge >= 0.3 is 0 Å². The smallest absolute Gasteiger partial charge is 0.227 e. The Morgan fingerprint density at radius 1 is 1.14 bits per heavy atom. The summed E-state index contributed by atoms with van der Waals surface area (Å²) in [7, 11) is 0. The maximum atomic E-state index is 12.4. The standard InChI is InChI=1S/C17H17BrN2O/c18-14-9-8-12(10-15(14)19)11-20-16-6-2-1-4-13(16)5-3-7-17(20)21/h1-2,4,6,8-10H,3,5,7,11,19H2. The van der Waals surface area contributed by atoms with E-state index < -0.39 is 0 Å². The van der Waals surface area contributed by atoms with Crippen LogP contribution in [0.25, 0.3) is 0 Å². The highest BCUT2D eigenvalue weighted by Gasteiger charge is 2.22. The zero-order chi connectivity index (χ0) is 14.8. The zero-order valence-corrected chi connectivity index (χ0v) is 13.3. The van der Waals surface area contributed by atoms with Crippen molar-refractivity contribution in [2.45, 2.75) is 25.8 Å². The number of fused-ring (bicyclic) bond motifs is 1. The second-order valence-electron chi connectivity index (χ2n) is 5.32. The van der Waals surface area contributed by atoms with Crippen LogP contribution in [0.1, 0.15) is 24.0 Å². The van der Waals surface area contributed by atoms with Crippen molar-refractivity contribution in [1.82, 2.24) is 0 Å². The van der Waals surface area contributed by atoms with Gasteiger partial charge in [-0.05, 0) is 58.1 Å². The summed E-state index contributed by atoms with van der Waals surface area (Å²) in [6.45, 7) is 0.563. The molecular weight excluding hydrogens is 328 g/mol. The van der Waals surface area contributed by atoms with Gasteiger partial charge in [-0.2, -0.15) is 0 Å². The minimum absolute atomic E-state index is 0.182. The molecule has 1 amide bonds. The second-order valence-corrected chi connectivity index (χ2v) is 6.17. The molecule has 0 unspecified atom stereocenters. The summed E-state index contributed by atoms with van der Waals surface area (Å²) in [5, 5.41) is 0. The first-order valence-electron chi connectivity index (χ1n) is 7.07. The van der Waals surface area contributed by atoms with E-state index in [2.05, 4.69) is 22.0 Å². The summed E-state index contributed by atoms with van der Waals surface area (Å²) in [5.74, 6) is 0.182. The van der Waals surface area contributed by atoms with E-state index in [1.54, 1.807) is 0 Å². The molecule has 2 aromatic carbocycles. The minimum atomic E-state index is 0.182. The maximum absolute atomic E-state index is 12.4. The molecule has 0 aliphatic carbocycles. The van der Waals surface area contributed by atoms with Crippen LogP contribution in [-0.2, 0) is 17.8 Å². The molecule has 0 saturated heterocycles. The van der Waals surface area contributed by atoms with Gasteiger partial charge in [0.15, 0.2) is 0 Å². The Balaban J connectivity index is 1.95. The molecular formula is C17H17BrN2O. The molecule has 2 N–H and O–H groups in total. The van der Waals surface area contributed by atoms with Gasteiger partial charge in [0.2, 0.25) is 5.91 Å². The van der Waals surface area contributed by atoms with Crippen LogP contribution in [0.2, 0.25) is 0 Å². The number of nitrogen functional groups attached to an aromatic ring is 1. The van der Waals surface area contributed by atoms with Crippen LogP contribution in [-0.4, -0.2) is 5.91 Å². The van der Waals surface area contributed by atoms with Crippen molar-refractivity contribution in [1.29, 1.82) is 0 Å². The molecule has 0 aromatic heterocycles. The normalized spacial score (nSPS) is 14.7. The van der Waals surface area contributed by atoms with Gasteiger partial charge in [0.05, 0.1) is 6.54 Å². The molecule has 1 aliphatic rings. The monoisotopic (exact) mass is 344 g/mol. The van der Waals surface area contributed by atoms with Gasteiger partial charge in [0, 0.05) is 22.3 Å². The summed E-state index contributed by atoms with van der Waals surface area (Å²) in [4.78, 5) is 14.3. The third-order valence-corrected chi connectivity index (χ3v) is 4.54. The molecule has 0 fully saturated rings. The van der Waals surface area contributed by atoms with Crippen molar-refractivity contribution in [3.63, 3.8) is 0 Å². The van der Waals surface area contributed by atoms with Crippen molar-refractivity contribution < 1.29 is 4.79 Å². The van der Waals surface area contributed by atoms with Gasteiger partial charge in [0.25, 0.3) is 0 Å². The van der Waals surface area contributed by atoms with Crippen molar-refractivity contribution in [2.75, 3.05) is 10.6 Å². The number of nitrogens with two attached hydrogens (primary N) is 1. The number of amides is 1. The van der Waals surface area contributed by atoms with E-state index in [0.29, 0.717) is 18.7 Å². The summed E-state index contributed by atoms with van der Waals surface area (Å²) in [6.07, 6.45) is 2.47. The average Bonchev–Trinajstić information content (AvgIpc) is 2.63. The maximum Gasteiger partial charge on any atom is 0.227 e. The fraction of sp³-hybridized carbons (Fsp3) is 0.235. The lowest BCUT2D eigenvalue weighted by Crippen LogP contribution is -2.29. The highest BCUT2D eigenvalue weighted by Crippen LogP contribution is 2.29. The first kappa shape index (κ1) is 14.1. The van der Waals surface area contributed by atoms with Gasteiger partial charge in [-0.15, -0.1) is 0 Å². The predicted octanol–water partition coefficient (Wildman–Crippen LogP) is 3.90. The molecule has 108 valence electrons. The predicted molar refractivity (Wildman–Crippen MR) is 89.1 cm³/mol. The molecule has 2 aromatic rings. The minimum Gasteiger partial charge on any atom is -0.398 e. The zero-order valence-electron chi connectivity index (χ0n) is 11.7. The number of carbonyl (C=O) groups excluding carboxylic acids is 1. The van der Waals surface area contributed by atoms with E-state index >= 15 is 0 Å². The number of carbonyl (C=O) groups is 1. The number of hydrogen-bond acceptors (Lipinski definition) is 2. The van der Waals surface area contributed by atoms with Crippen LogP contribution in [0.5, 0.6) is 0 Å². The number of rotatable bonds is 2. The van der Waals surface area contributed by atoms with Crippen LogP contribution in [0, 0.1) is 0 Å². The number of halogens is 1. The SMILES string of the molecule is Nc1cc(CN2C(=O)CCCc3ccccc32)ccc1Br. The van der Waals surface area contributed by atoms with E-state index in [1.807, 2.05) is 41.3 Å². The third kappa shape index (κ3) is 2.95. The quantitative estimate of drug-likeness (QED) is 0.839. The molecule has 1 aliphatic heterocycles. The van der Waals surface area contributed by atoms with Gasteiger partial charge in [0.1, 0.15) is 0 Å². The highest BCUT2D eigenvalue weighted by atomic mass is 79.9. The number of aryl methyl sites for hydroxylation is 1. The molecule has 4 heteroatoms. The Hall–Kier alpha value is -1.81. The first-order valence-corrected chi connectivity index (χ1v) is 7.86.